The minimum Gasteiger partial charge on any atom is -0.398 e. The first-order valence-electron chi connectivity index (χ1n) is 7.37. The molecule has 1 aromatic heterocycles. The second-order valence-corrected chi connectivity index (χ2v) is 6.42. The Morgan fingerprint density at radius 1 is 1.45 bits per heavy atom. The standard InChI is InChI=1S/C15H27N3OS/c1-5-18(6-2)9-7-8-11(3)17-15(19)14-10-13(16)12(4)20-14/h10-11H,5-9,16H2,1-4H3,(H,17,19). The molecule has 1 unspecified atom stereocenters. The first-order valence-corrected chi connectivity index (χ1v) is 8.18. The lowest BCUT2D eigenvalue weighted by Gasteiger charge is -2.19. The molecule has 0 bridgehead atoms. The topological polar surface area (TPSA) is 58.4 Å². The summed E-state index contributed by atoms with van der Waals surface area (Å²) in [6, 6.07) is 1.96. The first-order chi connectivity index (χ1) is 9.47. The molecule has 0 aromatic carbocycles. The summed E-state index contributed by atoms with van der Waals surface area (Å²) in [7, 11) is 0. The lowest BCUT2D eigenvalue weighted by molar-refractivity contribution is 0.0941. The van der Waals surface area contributed by atoms with E-state index in [1.165, 1.54) is 11.3 Å². The van der Waals surface area contributed by atoms with E-state index >= 15 is 0 Å². The maximum Gasteiger partial charge on any atom is 0.261 e. The molecule has 0 aliphatic rings. The van der Waals surface area contributed by atoms with Crippen LogP contribution < -0.4 is 11.1 Å². The van der Waals surface area contributed by atoms with Crippen molar-refractivity contribution in [2.24, 2.45) is 0 Å². The Morgan fingerprint density at radius 2 is 2.10 bits per heavy atom. The van der Waals surface area contributed by atoms with Gasteiger partial charge in [0.25, 0.3) is 5.91 Å². The van der Waals surface area contributed by atoms with Crippen molar-refractivity contribution in [3.8, 4) is 0 Å². The van der Waals surface area contributed by atoms with Crippen molar-refractivity contribution >= 4 is 22.9 Å². The molecule has 0 radical (unpaired) electrons. The molecule has 1 aromatic rings. The lowest BCUT2D eigenvalue weighted by Crippen LogP contribution is -2.33. The van der Waals surface area contributed by atoms with Gasteiger partial charge in [-0.1, -0.05) is 13.8 Å². The predicted molar refractivity (Wildman–Crippen MR) is 87.4 cm³/mol. The summed E-state index contributed by atoms with van der Waals surface area (Å²) in [5.41, 5.74) is 6.48. The zero-order valence-corrected chi connectivity index (χ0v) is 13.8. The number of aryl methyl sites for hydroxylation is 1. The highest BCUT2D eigenvalue weighted by molar-refractivity contribution is 7.14. The molecule has 5 heteroatoms. The molecular formula is C15H27N3OS. The van der Waals surface area contributed by atoms with Crippen LogP contribution in [-0.2, 0) is 0 Å². The molecule has 1 rings (SSSR count). The minimum atomic E-state index is -0.00913. The third kappa shape index (κ3) is 5.13. The molecule has 1 heterocycles. The Hall–Kier alpha value is -1.07. The Morgan fingerprint density at radius 3 is 2.60 bits per heavy atom. The largest absolute Gasteiger partial charge is 0.398 e. The normalized spacial score (nSPS) is 12.7. The summed E-state index contributed by atoms with van der Waals surface area (Å²) < 4.78 is 0. The van der Waals surface area contributed by atoms with E-state index in [4.69, 9.17) is 5.73 Å². The van der Waals surface area contributed by atoms with E-state index < -0.39 is 0 Å². The number of nitrogens with two attached hydrogens (primary N) is 1. The average molecular weight is 297 g/mol. The predicted octanol–water partition coefficient (Wildman–Crippen LogP) is 2.88. The van der Waals surface area contributed by atoms with E-state index in [1.54, 1.807) is 6.07 Å². The van der Waals surface area contributed by atoms with E-state index in [-0.39, 0.29) is 11.9 Å². The molecule has 0 saturated heterocycles. The summed E-state index contributed by atoms with van der Waals surface area (Å²) >= 11 is 1.46. The fraction of sp³-hybridized carbons (Fsp3) is 0.667. The van der Waals surface area contributed by atoms with Gasteiger partial charge in [-0.05, 0) is 52.4 Å². The van der Waals surface area contributed by atoms with Crippen molar-refractivity contribution in [1.29, 1.82) is 0 Å². The summed E-state index contributed by atoms with van der Waals surface area (Å²) in [4.78, 5) is 16.2. The molecule has 20 heavy (non-hydrogen) atoms. The van der Waals surface area contributed by atoms with Gasteiger partial charge in [-0.15, -0.1) is 11.3 Å². The Balaban J connectivity index is 2.35. The van der Waals surface area contributed by atoms with Crippen LogP contribution in [0.3, 0.4) is 0 Å². The molecule has 3 N–H and O–H groups in total. The van der Waals surface area contributed by atoms with Crippen LogP contribution in [0.25, 0.3) is 0 Å². The van der Waals surface area contributed by atoms with Gasteiger partial charge < -0.3 is 16.0 Å². The van der Waals surface area contributed by atoms with Crippen molar-refractivity contribution in [3.05, 3.63) is 15.8 Å². The quantitative estimate of drug-likeness (QED) is 0.775. The summed E-state index contributed by atoms with van der Waals surface area (Å²) in [5.74, 6) is -0.00913. The molecule has 0 saturated carbocycles. The lowest BCUT2D eigenvalue weighted by atomic mass is 10.1. The average Bonchev–Trinajstić information content (AvgIpc) is 2.75. The van der Waals surface area contributed by atoms with Gasteiger partial charge in [0.2, 0.25) is 0 Å². The third-order valence-corrected chi connectivity index (χ3v) is 4.63. The Labute approximate surface area is 126 Å². The van der Waals surface area contributed by atoms with Crippen molar-refractivity contribution in [2.75, 3.05) is 25.4 Å². The Kier molecular flexibility index (Phi) is 7.02. The summed E-state index contributed by atoms with van der Waals surface area (Å²) in [6.07, 6.45) is 2.11. The zero-order chi connectivity index (χ0) is 15.1. The van der Waals surface area contributed by atoms with E-state index in [2.05, 4.69) is 31.0 Å². The number of hydrogen-bond acceptors (Lipinski definition) is 4. The van der Waals surface area contributed by atoms with Crippen molar-refractivity contribution < 1.29 is 4.79 Å². The van der Waals surface area contributed by atoms with Gasteiger partial charge in [0, 0.05) is 16.6 Å². The zero-order valence-electron chi connectivity index (χ0n) is 13.0. The van der Waals surface area contributed by atoms with Crippen molar-refractivity contribution in [1.82, 2.24) is 10.2 Å². The molecule has 0 fully saturated rings. The SMILES string of the molecule is CCN(CC)CCCC(C)NC(=O)c1cc(N)c(C)s1. The van der Waals surface area contributed by atoms with E-state index in [0.717, 1.165) is 37.4 Å². The van der Waals surface area contributed by atoms with Crippen LogP contribution in [0.2, 0.25) is 0 Å². The molecule has 114 valence electrons. The Bertz CT molecular complexity index is 407. The third-order valence-electron chi connectivity index (χ3n) is 3.56. The van der Waals surface area contributed by atoms with E-state index in [1.807, 2.05) is 6.92 Å². The van der Waals surface area contributed by atoms with Crippen LogP contribution in [-0.4, -0.2) is 36.5 Å². The van der Waals surface area contributed by atoms with Gasteiger partial charge >= 0.3 is 0 Å². The number of carbonyl (C=O) groups is 1. The van der Waals surface area contributed by atoms with Crippen LogP contribution in [0, 0.1) is 6.92 Å². The number of nitrogens with one attached hydrogen (secondary N) is 1. The van der Waals surface area contributed by atoms with Crippen LogP contribution in [0.4, 0.5) is 5.69 Å². The number of carbonyl (C=O) groups excluding carboxylic acids is 1. The van der Waals surface area contributed by atoms with Crippen LogP contribution in [0.1, 0.15) is 48.2 Å². The molecule has 4 nitrogen and oxygen atoms in total. The highest BCUT2D eigenvalue weighted by Crippen LogP contribution is 2.23. The van der Waals surface area contributed by atoms with Crippen molar-refractivity contribution in [3.63, 3.8) is 0 Å². The van der Waals surface area contributed by atoms with Gasteiger partial charge in [-0.2, -0.15) is 0 Å². The van der Waals surface area contributed by atoms with Gasteiger partial charge in [0.05, 0.1) is 4.88 Å². The van der Waals surface area contributed by atoms with E-state index in [0.29, 0.717) is 10.6 Å². The smallest absolute Gasteiger partial charge is 0.261 e. The molecular weight excluding hydrogens is 270 g/mol. The molecule has 1 amide bonds. The highest BCUT2D eigenvalue weighted by atomic mass is 32.1. The van der Waals surface area contributed by atoms with Gasteiger partial charge in [0.1, 0.15) is 0 Å². The van der Waals surface area contributed by atoms with Gasteiger partial charge in [-0.25, -0.2) is 0 Å². The van der Waals surface area contributed by atoms with Crippen LogP contribution in [0.5, 0.6) is 0 Å². The second kappa shape index (κ2) is 8.27. The summed E-state index contributed by atoms with van der Waals surface area (Å²) in [5, 5.41) is 3.04. The molecule has 0 aliphatic carbocycles. The van der Waals surface area contributed by atoms with Gasteiger partial charge in [0.15, 0.2) is 0 Å². The number of nitrogens with zero attached hydrogens (tertiary/aromatic N) is 1. The minimum absolute atomic E-state index is 0.00913. The number of amides is 1. The fourth-order valence-electron chi connectivity index (χ4n) is 2.14. The molecule has 0 spiro atoms. The van der Waals surface area contributed by atoms with Crippen LogP contribution in [0.15, 0.2) is 6.07 Å². The molecule has 1 atom stereocenters. The number of thiophene rings is 1. The van der Waals surface area contributed by atoms with Crippen molar-refractivity contribution in [2.45, 2.75) is 46.6 Å². The van der Waals surface area contributed by atoms with Crippen LogP contribution >= 0.6 is 11.3 Å². The number of rotatable bonds is 8. The monoisotopic (exact) mass is 297 g/mol. The van der Waals surface area contributed by atoms with Gasteiger partial charge in [-0.3, -0.25) is 4.79 Å². The second-order valence-electron chi connectivity index (χ2n) is 5.17. The number of nitrogen functional groups attached to an aromatic ring is 1. The fourth-order valence-corrected chi connectivity index (χ4v) is 2.98. The summed E-state index contributed by atoms with van der Waals surface area (Å²) in [6.45, 7) is 11.6. The first kappa shape index (κ1) is 17.0. The molecule has 0 aliphatic heterocycles. The highest BCUT2D eigenvalue weighted by Gasteiger charge is 2.13. The number of hydrogen-bond donors (Lipinski definition) is 2. The van der Waals surface area contributed by atoms with E-state index in [9.17, 15) is 4.79 Å². The number of anilines is 1. The maximum atomic E-state index is 12.1. The maximum absolute atomic E-state index is 12.1.